The van der Waals surface area contributed by atoms with E-state index in [1.807, 2.05) is 6.92 Å². The molecule has 1 N–H and O–H groups in total. The SMILES string of the molecule is Cc1ccc2c(c1)N(S(C)(=O)=O)C[C@H](C(=O)N[C@H](C)c1ccc(S(C)(=O)=O)cc1)O2. The maximum absolute atomic E-state index is 12.8. The van der Waals surface area contributed by atoms with Gasteiger partial charge in [0.25, 0.3) is 5.91 Å². The van der Waals surface area contributed by atoms with Crippen molar-refractivity contribution < 1.29 is 26.4 Å². The van der Waals surface area contributed by atoms with Crippen LogP contribution in [0.4, 0.5) is 5.69 Å². The molecule has 1 aliphatic rings. The normalized spacial score (nSPS) is 17.6. The molecule has 162 valence electrons. The number of hydrogen-bond acceptors (Lipinski definition) is 6. The van der Waals surface area contributed by atoms with E-state index in [1.165, 1.54) is 16.4 Å². The Bertz CT molecular complexity index is 1170. The third kappa shape index (κ3) is 4.76. The van der Waals surface area contributed by atoms with Crippen LogP contribution in [-0.2, 0) is 24.7 Å². The molecule has 0 aliphatic carbocycles. The van der Waals surface area contributed by atoms with Crippen molar-refractivity contribution in [1.29, 1.82) is 0 Å². The van der Waals surface area contributed by atoms with Crippen LogP contribution in [0.15, 0.2) is 47.4 Å². The number of benzene rings is 2. The Labute approximate surface area is 176 Å². The van der Waals surface area contributed by atoms with Crippen molar-refractivity contribution in [3.63, 3.8) is 0 Å². The summed E-state index contributed by atoms with van der Waals surface area (Å²) in [6.07, 6.45) is 1.19. The van der Waals surface area contributed by atoms with Crippen LogP contribution in [0, 0.1) is 6.92 Å². The topological polar surface area (TPSA) is 110 Å². The number of hydrogen-bond donors (Lipinski definition) is 1. The van der Waals surface area contributed by atoms with Crippen LogP contribution in [0.1, 0.15) is 24.1 Å². The summed E-state index contributed by atoms with van der Waals surface area (Å²) in [7, 11) is -6.91. The minimum Gasteiger partial charge on any atom is -0.476 e. The summed E-state index contributed by atoms with van der Waals surface area (Å²) in [5, 5.41) is 2.80. The highest BCUT2D eigenvalue weighted by Gasteiger charge is 2.35. The predicted octanol–water partition coefficient (Wildman–Crippen LogP) is 1.80. The van der Waals surface area contributed by atoms with Gasteiger partial charge in [-0.2, -0.15) is 0 Å². The average Bonchev–Trinajstić information content (AvgIpc) is 2.65. The second-order valence-electron chi connectivity index (χ2n) is 7.44. The van der Waals surface area contributed by atoms with Crippen molar-refractivity contribution in [2.75, 3.05) is 23.4 Å². The summed E-state index contributed by atoms with van der Waals surface area (Å²) >= 11 is 0. The second kappa shape index (κ2) is 7.92. The molecule has 1 heterocycles. The average molecular weight is 453 g/mol. The third-order valence-corrected chi connectivity index (χ3v) is 7.12. The molecule has 1 aliphatic heterocycles. The molecule has 0 aromatic heterocycles. The van der Waals surface area contributed by atoms with E-state index in [2.05, 4.69) is 5.32 Å². The lowest BCUT2D eigenvalue weighted by molar-refractivity contribution is -0.128. The molecule has 2 aromatic rings. The zero-order valence-corrected chi connectivity index (χ0v) is 18.7. The summed E-state index contributed by atoms with van der Waals surface area (Å²) < 4.78 is 54.7. The van der Waals surface area contributed by atoms with E-state index in [9.17, 15) is 21.6 Å². The van der Waals surface area contributed by atoms with Crippen molar-refractivity contribution in [3.05, 3.63) is 53.6 Å². The van der Waals surface area contributed by atoms with Gasteiger partial charge in [0, 0.05) is 6.26 Å². The summed E-state index contributed by atoms with van der Waals surface area (Å²) in [6, 6.07) is 10.9. The standard InChI is InChI=1S/C20H24N2O6S2/c1-13-5-10-18-17(11-13)22(30(4,26)27)12-19(28-18)20(23)21-14(2)15-6-8-16(9-7-15)29(3,24)25/h5-11,14,19H,12H2,1-4H3,(H,21,23)/t14-,19-/m1/s1. The Balaban J connectivity index is 1.79. The molecular weight excluding hydrogens is 428 g/mol. The van der Waals surface area contributed by atoms with Crippen LogP contribution < -0.4 is 14.4 Å². The van der Waals surface area contributed by atoms with E-state index >= 15 is 0 Å². The Morgan fingerprint density at radius 1 is 1.10 bits per heavy atom. The molecular formula is C20H24N2O6S2. The highest BCUT2D eigenvalue weighted by Crippen LogP contribution is 2.35. The number of fused-ring (bicyclic) bond motifs is 1. The number of rotatable bonds is 5. The van der Waals surface area contributed by atoms with Crippen molar-refractivity contribution in [2.24, 2.45) is 0 Å². The van der Waals surface area contributed by atoms with Gasteiger partial charge in [-0.15, -0.1) is 0 Å². The number of sulfonamides is 1. The number of ether oxygens (including phenoxy) is 1. The predicted molar refractivity (Wildman–Crippen MR) is 114 cm³/mol. The molecule has 10 heteroatoms. The van der Waals surface area contributed by atoms with Crippen LogP contribution in [0.3, 0.4) is 0 Å². The van der Waals surface area contributed by atoms with Crippen LogP contribution >= 0.6 is 0 Å². The number of aryl methyl sites for hydroxylation is 1. The highest BCUT2D eigenvalue weighted by atomic mass is 32.2. The quantitative estimate of drug-likeness (QED) is 0.741. The zero-order chi connectivity index (χ0) is 22.3. The molecule has 3 rings (SSSR count). The van der Waals surface area contributed by atoms with E-state index in [-0.39, 0.29) is 11.4 Å². The minimum absolute atomic E-state index is 0.138. The Hall–Kier alpha value is -2.59. The highest BCUT2D eigenvalue weighted by molar-refractivity contribution is 7.92. The lowest BCUT2D eigenvalue weighted by Gasteiger charge is -2.34. The van der Waals surface area contributed by atoms with Crippen molar-refractivity contribution in [1.82, 2.24) is 5.32 Å². The molecule has 0 unspecified atom stereocenters. The van der Waals surface area contributed by atoms with Crippen molar-refractivity contribution in [3.8, 4) is 5.75 Å². The van der Waals surface area contributed by atoms with Gasteiger partial charge >= 0.3 is 0 Å². The molecule has 0 saturated carbocycles. The number of nitrogens with zero attached hydrogens (tertiary/aromatic N) is 1. The Kier molecular flexibility index (Phi) is 5.83. The molecule has 0 saturated heterocycles. The van der Waals surface area contributed by atoms with Crippen LogP contribution in [0.5, 0.6) is 5.75 Å². The van der Waals surface area contributed by atoms with Crippen molar-refractivity contribution in [2.45, 2.75) is 30.9 Å². The molecule has 2 aromatic carbocycles. The summed E-state index contributed by atoms with van der Waals surface area (Å²) in [6.45, 7) is 3.46. The smallest absolute Gasteiger partial charge is 0.263 e. The van der Waals surface area contributed by atoms with Gasteiger partial charge in [-0.25, -0.2) is 16.8 Å². The monoisotopic (exact) mass is 452 g/mol. The fraction of sp³-hybridized carbons (Fsp3) is 0.350. The first-order chi connectivity index (χ1) is 13.9. The number of anilines is 1. The molecule has 0 radical (unpaired) electrons. The van der Waals surface area contributed by atoms with E-state index < -0.39 is 37.9 Å². The fourth-order valence-corrected chi connectivity index (χ4v) is 4.74. The van der Waals surface area contributed by atoms with E-state index in [0.29, 0.717) is 17.0 Å². The molecule has 30 heavy (non-hydrogen) atoms. The minimum atomic E-state index is -3.61. The van der Waals surface area contributed by atoms with Gasteiger partial charge in [0.15, 0.2) is 15.9 Å². The van der Waals surface area contributed by atoms with Gasteiger partial charge in [-0.05, 0) is 49.2 Å². The number of carbonyl (C=O) groups is 1. The maximum atomic E-state index is 12.8. The Morgan fingerprint density at radius 2 is 1.73 bits per heavy atom. The third-order valence-electron chi connectivity index (χ3n) is 4.84. The lowest BCUT2D eigenvalue weighted by Crippen LogP contribution is -2.50. The number of amides is 1. The van der Waals surface area contributed by atoms with Gasteiger partial charge in [-0.3, -0.25) is 9.10 Å². The van der Waals surface area contributed by atoms with Gasteiger partial charge in [0.1, 0.15) is 5.75 Å². The molecule has 0 spiro atoms. The zero-order valence-electron chi connectivity index (χ0n) is 17.1. The lowest BCUT2D eigenvalue weighted by atomic mass is 10.1. The van der Waals surface area contributed by atoms with E-state index in [4.69, 9.17) is 4.74 Å². The van der Waals surface area contributed by atoms with E-state index in [1.54, 1.807) is 37.3 Å². The summed E-state index contributed by atoms with van der Waals surface area (Å²) in [5.41, 5.74) is 1.99. The molecule has 0 bridgehead atoms. The largest absolute Gasteiger partial charge is 0.476 e. The summed E-state index contributed by atoms with van der Waals surface area (Å²) in [5.74, 6) is -0.142. The van der Waals surface area contributed by atoms with Gasteiger partial charge in [-0.1, -0.05) is 18.2 Å². The Morgan fingerprint density at radius 3 is 2.30 bits per heavy atom. The first-order valence-electron chi connectivity index (χ1n) is 9.21. The maximum Gasteiger partial charge on any atom is 0.263 e. The van der Waals surface area contributed by atoms with Crippen LogP contribution in [-0.4, -0.2) is 47.9 Å². The summed E-state index contributed by atoms with van der Waals surface area (Å²) in [4.78, 5) is 13.0. The van der Waals surface area contributed by atoms with Gasteiger partial charge in [0.05, 0.1) is 29.4 Å². The first kappa shape index (κ1) is 22.1. The molecule has 8 nitrogen and oxygen atoms in total. The number of nitrogens with one attached hydrogen (secondary N) is 1. The van der Waals surface area contributed by atoms with Crippen LogP contribution in [0.2, 0.25) is 0 Å². The molecule has 1 amide bonds. The number of sulfone groups is 1. The second-order valence-corrected chi connectivity index (χ2v) is 11.4. The molecule has 0 fully saturated rings. The van der Waals surface area contributed by atoms with Gasteiger partial charge in [0.2, 0.25) is 10.0 Å². The number of carbonyl (C=O) groups excluding carboxylic acids is 1. The van der Waals surface area contributed by atoms with E-state index in [0.717, 1.165) is 18.1 Å². The molecule has 2 atom stereocenters. The van der Waals surface area contributed by atoms with Gasteiger partial charge < -0.3 is 10.1 Å². The first-order valence-corrected chi connectivity index (χ1v) is 13.0. The fourth-order valence-electron chi connectivity index (χ4n) is 3.21. The van der Waals surface area contributed by atoms with Crippen molar-refractivity contribution >= 4 is 31.5 Å². The van der Waals surface area contributed by atoms with Crippen LogP contribution in [0.25, 0.3) is 0 Å².